The van der Waals surface area contributed by atoms with Gasteiger partial charge in [-0.1, -0.05) is 66.7 Å². The van der Waals surface area contributed by atoms with Gasteiger partial charge in [0.25, 0.3) is 0 Å². The van der Waals surface area contributed by atoms with E-state index in [0.29, 0.717) is 32.7 Å². The van der Waals surface area contributed by atoms with Gasteiger partial charge in [-0.15, -0.1) is 0 Å². The van der Waals surface area contributed by atoms with Crippen molar-refractivity contribution in [2.45, 2.75) is 50.9 Å². The quantitative estimate of drug-likeness (QED) is 0.373. The van der Waals surface area contributed by atoms with E-state index in [-0.39, 0.29) is 30.3 Å². The van der Waals surface area contributed by atoms with Gasteiger partial charge in [0.2, 0.25) is 0 Å². The molecule has 1 heterocycles. The number of nitrogens with zero attached hydrogens (tertiary/aromatic N) is 1. The second-order valence-electron chi connectivity index (χ2n) is 9.33. The zero-order chi connectivity index (χ0) is 24.5. The van der Waals surface area contributed by atoms with Crippen molar-refractivity contribution in [2.24, 2.45) is 5.92 Å². The first-order valence-electron chi connectivity index (χ1n) is 12.6. The Hall–Kier alpha value is -2.80. The molecule has 0 aromatic heterocycles. The fourth-order valence-electron chi connectivity index (χ4n) is 5.08. The van der Waals surface area contributed by atoms with Crippen LogP contribution in [0.4, 0.5) is 0 Å². The Kier molecular flexibility index (Phi) is 9.23. The topological polar surface area (TPSA) is 76.1 Å². The maximum absolute atomic E-state index is 13.1. The number of hydrogen-bond acceptors (Lipinski definition) is 5. The highest BCUT2D eigenvalue weighted by Gasteiger charge is 2.45. The molecule has 0 spiro atoms. The van der Waals surface area contributed by atoms with Gasteiger partial charge in [-0.25, -0.2) is 0 Å². The molecule has 1 aliphatic carbocycles. The molecule has 186 valence electrons. The van der Waals surface area contributed by atoms with E-state index in [1.54, 1.807) is 0 Å². The number of morpholine rings is 1. The summed E-state index contributed by atoms with van der Waals surface area (Å²) in [4.78, 5) is 26.0. The van der Waals surface area contributed by atoms with Crippen LogP contribution in [-0.4, -0.2) is 60.2 Å². The summed E-state index contributed by atoms with van der Waals surface area (Å²) in [5.41, 5.74) is 3.45. The van der Waals surface area contributed by atoms with E-state index in [1.807, 2.05) is 24.3 Å². The Morgan fingerprint density at radius 1 is 1.03 bits per heavy atom. The summed E-state index contributed by atoms with van der Waals surface area (Å²) in [5.74, 6) is -0.432. The summed E-state index contributed by atoms with van der Waals surface area (Å²) in [6.07, 6.45) is 6.73. The molecule has 6 heteroatoms. The van der Waals surface area contributed by atoms with Gasteiger partial charge in [0.15, 0.2) is 5.78 Å². The number of benzene rings is 2. The SMILES string of the molecule is O=C(O)CCC/C=C\C[C@@H]1C(OCc2ccc(-c3ccccc3)cc2)CC(=O)C1N1CCOCC1. The summed E-state index contributed by atoms with van der Waals surface area (Å²) in [6.45, 7) is 3.31. The average molecular weight is 478 g/mol. The molecule has 2 aromatic rings. The summed E-state index contributed by atoms with van der Waals surface area (Å²) in [6, 6.07) is 18.6. The Balaban J connectivity index is 1.38. The summed E-state index contributed by atoms with van der Waals surface area (Å²) in [5, 5.41) is 8.82. The number of rotatable bonds is 11. The van der Waals surface area contributed by atoms with Crippen LogP contribution in [0.2, 0.25) is 0 Å². The summed E-state index contributed by atoms with van der Waals surface area (Å²) < 4.78 is 11.9. The van der Waals surface area contributed by atoms with Gasteiger partial charge >= 0.3 is 5.97 Å². The van der Waals surface area contributed by atoms with Crippen LogP contribution in [0, 0.1) is 5.92 Å². The summed E-state index contributed by atoms with van der Waals surface area (Å²) >= 11 is 0. The number of carboxylic acids is 1. The molecule has 1 saturated carbocycles. The van der Waals surface area contributed by atoms with Crippen molar-refractivity contribution in [3.8, 4) is 11.1 Å². The Labute approximate surface area is 207 Å². The number of hydrogen-bond donors (Lipinski definition) is 1. The zero-order valence-corrected chi connectivity index (χ0v) is 20.2. The van der Waals surface area contributed by atoms with Crippen molar-refractivity contribution >= 4 is 11.8 Å². The van der Waals surface area contributed by atoms with E-state index in [1.165, 1.54) is 11.1 Å². The van der Waals surface area contributed by atoms with E-state index >= 15 is 0 Å². The predicted octanol–water partition coefficient (Wildman–Crippen LogP) is 4.73. The molecule has 1 N–H and O–H groups in total. The van der Waals surface area contributed by atoms with E-state index in [0.717, 1.165) is 31.5 Å². The number of Topliss-reactive ketones (excluding diaryl/α,β-unsaturated/α-hetero) is 1. The molecule has 6 nitrogen and oxygen atoms in total. The highest BCUT2D eigenvalue weighted by Crippen LogP contribution is 2.34. The predicted molar refractivity (Wildman–Crippen MR) is 135 cm³/mol. The van der Waals surface area contributed by atoms with Crippen LogP contribution < -0.4 is 0 Å². The lowest BCUT2D eigenvalue weighted by Gasteiger charge is -2.35. The van der Waals surface area contributed by atoms with Crippen LogP contribution in [0.5, 0.6) is 0 Å². The van der Waals surface area contributed by atoms with Crippen molar-refractivity contribution in [1.29, 1.82) is 0 Å². The van der Waals surface area contributed by atoms with E-state index in [2.05, 4.69) is 47.4 Å². The van der Waals surface area contributed by atoms with Crippen molar-refractivity contribution in [3.05, 3.63) is 72.3 Å². The van der Waals surface area contributed by atoms with Gasteiger partial charge in [-0.3, -0.25) is 14.5 Å². The average Bonchev–Trinajstić information content (AvgIpc) is 3.20. The van der Waals surface area contributed by atoms with Crippen LogP contribution in [-0.2, 0) is 25.7 Å². The van der Waals surface area contributed by atoms with Crippen molar-refractivity contribution in [3.63, 3.8) is 0 Å². The first kappa shape index (κ1) is 25.3. The van der Waals surface area contributed by atoms with E-state index in [4.69, 9.17) is 14.6 Å². The fourth-order valence-corrected chi connectivity index (χ4v) is 5.08. The van der Waals surface area contributed by atoms with E-state index < -0.39 is 5.97 Å². The molecule has 3 atom stereocenters. The molecule has 35 heavy (non-hydrogen) atoms. The van der Waals surface area contributed by atoms with Crippen LogP contribution in [0.25, 0.3) is 11.1 Å². The normalized spacial score (nSPS) is 23.2. The maximum atomic E-state index is 13.1. The molecule has 2 aliphatic rings. The number of carboxylic acid groups (broad SMARTS) is 1. The lowest BCUT2D eigenvalue weighted by atomic mass is 9.95. The second-order valence-corrected chi connectivity index (χ2v) is 9.33. The van der Waals surface area contributed by atoms with Gasteiger partial charge in [0.05, 0.1) is 32.0 Å². The van der Waals surface area contributed by atoms with Crippen LogP contribution in [0.3, 0.4) is 0 Å². The largest absolute Gasteiger partial charge is 0.481 e. The zero-order valence-electron chi connectivity index (χ0n) is 20.2. The summed E-state index contributed by atoms with van der Waals surface area (Å²) in [7, 11) is 0. The van der Waals surface area contributed by atoms with Crippen molar-refractivity contribution < 1.29 is 24.2 Å². The molecule has 0 amide bonds. The number of carbonyl (C=O) groups is 2. The third kappa shape index (κ3) is 7.10. The Morgan fingerprint density at radius 3 is 2.46 bits per heavy atom. The molecule has 2 aromatic carbocycles. The van der Waals surface area contributed by atoms with Crippen molar-refractivity contribution in [2.75, 3.05) is 26.3 Å². The Bertz CT molecular complexity index is 982. The molecular weight excluding hydrogens is 442 g/mol. The lowest BCUT2D eigenvalue weighted by Crippen LogP contribution is -2.49. The number of aliphatic carboxylic acids is 1. The minimum absolute atomic E-state index is 0.0833. The highest BCUT2D eigenvalue weighted by atomic mass is 16.5. The molecule has 0 bridgehead atoms. The minimum Gasteiger partial charge on any atom is -0.481 e. The van der Waals surface area contributed by atoms with Crippen LogP contribution in [0.15, 0.2) is 66.7 Å². The number of ether oxygens (including phenoxy) is 2. The van der Waals surface area contributed by atoms with Gasteiger partial charge in [0, 0.05) is 31.8 Å². The monoisotopic (exact) mass is 477 g/mol. The number of unbranched alkanes of at least 4 members (excludes halogenated alkanes) is 1. The van der Waals surface area contributed by atoms with Gasteiger partial charge in [-0.2, -0.15) is 0 Å². The minimum atomic E-state index is -0.766. The lowest BCUT2D eigenvalue weighted by molar-refractivity contribution is -0.137. The molecule has 1 saturated heterocycles. The number of carbonyl (C=O) groups excluding carboxylic acids is 1. The smallest absolute Gasteiger partial charge is 0.303 e. The van der Waals surface area contributed by atoms with Gasteiger partial charge in [0.1, 0.15) is 0 Å². The molecule has 4 rings (SSSR count). The van der Waals surface area contributed by atoms with Gasteiger partial charge in [-0.05, 0) is 36.0 Å². The van der Waals surface area contributed by atoms with Crippen LogP contribution >= 0.6 is 0 Å². The first-order chi connectivity index (χ1) is 17.1. The number of ketones is 1. The third-order valence-electron chi connectivity index (χ3n) is 6.92. The Morgan fingerprint density at radius 2 is 1.74 bits per heavy atom. The fraction of sp³-hybridized carbons (Fsp3) is 0.448. The molecular formula is C29H35NO5. The third-order valence-corrected chi connectivity index (χ3v) is 6.92. The maximum Gasteiger partial charge on any atom is 0.303 e. The van der Waals surface area contributed by atoms with Crippen molar-refractivity contribution in [1.82, 2.24) is 4.90 Å². The van der Waals surface area contributed by atoms with Gasteiger partial charge < -0.3 is 14.6 Å². The first-order valence-corrected chi connectivity index (χ1v) is 12.6. The second kappa shape index (κ2) is 12.8. The molecule has 2 unspecified atom stereocenters. The van der Waals surface area contributed by atoms with E-state index in [9.17, 15) is 9.59 Å². The number of allylic oxidation sites excluding steroid dienone is 2. The standard InChI is InChI=1S/C29H35NO5/c31-26-20-27(35-21-22-12-14-24(15-13-22)23-8-4-3-5-9-23)25(10-6-1-2-7-11-28(32)33)29(26)30-16-18-34-19-17-30/h1,3-6,8-9,12-15,25,27,29H,2,7,10-11,16-21H2,(H,32,33)/b6-1-/t25-,27?,29?/m1/s1. The molecule has 0 radical (unpaired) electrons. The highest BCUT2D eigenvalue weighted by molar-refractivity contribution is 5.87. The van der Waals surface area contributed by atoms with Crippen LogP contribution in [0.1, 0.15) is 37.7 Å². The molecule has 1 aliphatic heterocycles. The molecule has 2 fully saturated rings.